The fourth-order valence-corrected chi connectivity index (χ4v) is 4.29. The molecule has 0 radical (unpaired) electrons. The summed E-state index contributed by atoms with van der Waals surface area (Å²) in [7, 11) is 0. The molecule has 160 valence electrons. The number of amides is 2. The fourth-order valence-electron chi connectivity index (χ4n) is 4.29. The first-order chi connectivity index (χ1) is 14.5. The van der Waals surface area contributed by atoms with Crippen molar-refractivity contribution in [3.63, 3.8) is 0 Å². The van der Waals surface area contributed by atoms with Crippen molar-refractivity contribution in [2.45, 2.75) is 51.4 Å². The summed E-state index contributed by atoms with van der Waals surface area (Å²) < 4.78 is 8.44. The Kier molecular flexibility index (Phi) is 5.90. The van der Waals surface area contributed by atoms with E-state index >= 15 is 0 Å². The fraction of sp³-hybridized carbons (Fsp3) is 0.522. The molecule has 2 aliphatic rings. The van der Waals surface area contributed by atoms with E-state index in [1.54, 1.807) is 6.20 Å². The second-order valence-electron chi connectivity index (χ2n) is 8.69. The van der Waals surface area contributed by atoms with Gasteiger partial charge in [0.15, 0.2) is 6.10 Å². The Bertz CT molecular complexity index is 885. The van der Waals surface area contributed by atoms with Gasteiger partial charge < -0.3 is 19.5 Å². The molecule has 0 saturated carbocycles. The van der Waals surface area contributed by atoms with Crippen LogP contribution in [0, 0.1) is 5.92 Å². The van der Waals surface area contributed by atoms with Gasteiger partial charge in [-0.3, -0.25) is 9.59 Å². The van der Waals surface area contributed by atoms with Gasteiger partial charge >= 0.3 is 0 Å². The minimum atomic E-state index is -0.620. The van der Waals surface area contributed by atoms with E-state index in [0.29, 0.717) is 51.4 Å². The average molecular weight is 411 g/mol. The number of imidazole rings is 1. The summed E-state index contributed by atoms with van der Waals surface area (Å²) in [5.74, 6) is 1.30. The first-order valence-corrected chi connectivity index (χ1v) is 10.8. The summed E-state index contributed by atoms with van der Waals surface area (Å²) in [6.45, 7) is 6.43. The van der Waals surface area contributed by atoms with Crippen molar-refractivity contribution in [1.29, 1.82) is 0 Å². The number of benzene rings is 1. The van der Waals surface area contributed by atoms with E-state index in [9.17, 15) is 9.59 Å². The molecule has 1 saturated heterocycles. The van der Waals surface area contributed by atoms with Gasteiger partial charge in [0.05, 0.1) is 13.0 Å². The first kappa shape index (κ1) is 20.6. The molecule has 1 fully saturated rings. The zero-order valence-electron chi connectivity index (χ0n) is 17.7. The molecule has 1 N–H and O–H groups in total. The van der Waals surface area contributed by atoms with Gasteiger partial charge in [-0.15, -0.1) is 0 Å². The highest BCUT2D eigenvalue weighted by Crippen LogP contribution is 2.40. The zero-order chi connectivity index (χ0) is 21.1. The maximum absolute atomic E-state index is 12.8. The highest BCUT2D eigenvalue weighted by molar-refractivity contribution is 5.81. The van der Waals surface area contributed by atoms with E-state index in [-0.39, 0.29) is 11.8 Å². The molecule has 1 spiro atoms. The van der Waals surface area contributed by atoms with Gasteiger partial charge in [0.25, 0.3) is 5.91 Å². The molecule has 1 atom stereocenters. The molecule has 2 amide bonds. The molecule has 1 unspecified atom stereocenters. The third-order valence-corrected chi connectivity index (χ3v) is 5.95. The van der Waals surface area contributed by atoms with Crippen molar-refractivity contribution in [3.8, 4) is 0 Å². The molecule has 2 aromatic rings. The lowest BCUT2D eigenvalue weighted by molar-refractivity contribution is -0.175. The van der Waals surface area contributed by atoms with Crippen LogP contribution in [0.25, 0.3) is 0 Å². The summed E-state index contributed by atoms with van der Waals surface area (Å²) in [6, 6.07) is 9.81. The summed E-state index contributed by atoms with van der Waals surface area (Å²) >= 11 is 0. The molecule has 0 aliphatic carbocycles. The van der Waals surface area contributed by atoms with Gasteiger partial charge in [-0.2, -0.15) is 0 Å². The van der Waals surface area contributed by atoms with Crippen LogP contribution >= 0.6 is 0 Å². The van der Waals surface area contributed by atoms with Crippen LogP contribution in [-0.2, 0) is 32.9 Å². The van der Waals surface area contributed by atoms with E-state index < -0.39 is 11.7 Å². The predicted octanol–water partition coefficient (Wildman–Crippen LogP) is 2.11. The second-order valence-corrected chi connectivity index (χ2v) is 8.69. The minimum absolute atomic E-state index is 0.0787. The van der Waals surface area contributed by atoms with Crippen molar-refractivity contribution in [2.75, 3.05) is 19.6 Å². The Labute approximate surface area is 177 Å². The molecular weight excluding hydrogens is 380 g/mol. The first-order valence-electron chi connectivity index (χ1n) is 10.8. The number of rotatable bonds is 5. The van der Waals surface area contributed by atoms with Crippen LogP contribution in [-0.4, -0.2) is 52.0 Å². The average Bonchev–Trinajstić information content (AvgIpc) is 3.23. The smallest absolute Gasteiger partial charge is 0.251 e. The molecule has 0 bridgehead atoms. The summed E-state index contributed by atoms with van der Waals surface area (Å²) in [6.07, 6.45) is 4.81. The molecule has 3 heterocycles. The minimum Gasteiger partial charge on any atom is -0.354 e. The SMILES string of the molecule is CC(C)CNC(=O)C1Cn2ccnc2C2(CCN(C(=O)Cc3ccccc3)CC2)O1. The van der Waals surface area contributed by atoms with Crippen LogP contribution in [0.4, 0.5) is 0 Å². The Morgan fingerprint density at radius 1 is 1.23 bits per heavy atom. The van der Waals surface area contributed by atoms with Gasteiger partial charge in [-0.25, -0.2) is 4.98 Å². The van der Waals surface area contributed by atoms with E-state index in [0.717, 1.165) is 11.4 Å². The van der Waals surface area contributed by atoms with E-state index in [1.165, 1.54) is 0 Å². The Hall–Kier alpha value is -2.67. The maximum Gasteiger partial charge on any atom is 0.251 e. The topological polar surface area (TPSA) is 76.5 Å². The third-order valence-electron chi connectivity index (χ3n) is 5.95. The van der Waals surface area contributed by atoms with Crippen molar-refractivity contribution in [1.82, 2.24) is 19.8 Å². The number of aromatic nitrogens is 2. The highest BCUT2D eigenvalue weighted by Gasteiger charge is 2.47. The zero-order valence-corrected chi connectivity index (χ0v) is 17.7. The summed E-state index contributed by atoms with van der Waals surface area (Å²) in [5, 5.41) is 2.99. The quantitative estimate of drug-likeness (QED) is 0.819. The third kappa shape index (κ3) is 4.26. The van der Waals surface area contributed by atoms with Gasteiger partial charge in [-0.05, 0) is 11.5 Å². The molecule has 2 aliphatic heterocycles. The molecule has 30 heavy (non-hydrogen) atoms. The number of ether oxygens (including phenoxy) is 1. The number of carbonyl (C=O) groups excluding carboxylic acids is 2. The Morgan fingerprint density at radius 3 is 2.67 bits per heavy atom. The molecule has 7 heteroatoms. The van der Waals surface area contributed by atoms with Gasteiger partial charge in [-0.1, -0.05) is 44.2 Å². The molecule has 7 nitrogen and oxygen atoms in total. The Morgan fingerprint density at radius 2 is 1.97 bits per heavy atom. The van der Waals surface area contributed by atoms with Crippen LogP contribution < -0.4 is 5.32 Å². The van der Waals surface area contributed by atoms with Gasteiger partial charge in [0, 0.05) is 44.9 Å². The van der Waals surface area contributed by atoms with Gasteiger partial charge in [0.2, 0.25) is 5.91 Å². The number of likely N-dealkylation sites (tertiary alicyclic amines) is 1. The summed E-state index contributed by atoms with van der Waals surface area (Å²) in [5.41, 5.74) is 0.402. The maximum atomic E-state index is 12.8. The molecular formula is C23H30N4O3. The number of carbonyl (C=O) groups is 2. The lowest BCUT2D eigenvalue weighted by atomic mass is 9.88. The Balaban J connectivity index is 1.44. The molecule has 1 aromatic heterocycles. The van der Waals surface area contributed by atoms with Crippen molar-refractivity contribution >= 4 is 11.8 Å². The molecule has 4 rings (SSSR count). The lowest BCUT2D eigenvalue weighted by Crippen LogP contribution is -2.55. The van der Waals surface area contributed by atoms with Crippen molar-refractivity contribution in [2.24, 2.45) is 5.92 Å². The molecule has 1 aromatic carbocycles. The number of nitrogens with zero attached hydrogens (tertiary/aromatic N) is 3. The van der Waals surface area contributed by atoms with E-state index in [4.69, 9.17) is 4.74 Å². The lowest BCUT2D eigenvalue weighted by Gasteiger charge is -2.45. The number of hydrogen-bond acceptors (Lipinski definition) is 4. The number of hydrogen-bond donors (Lipinski definition) is 1. The van der Waals surface area contributed by atoms with Crippen LogP contribution in [0.3, 0.4) is 0 Å². The van der Waals surface area contributed by atoms with E-state index in [1.807, 2.05) is 46.0 Å². The second kappa shape index (κ2) is 8.60. The number of nitrogens with one attached hydrogen (secondary N) is 1. The van der Waals surface area contributed by atoms with Crippen molar-refractivity contribution in [3.05, 3.63) is 54.1 Å². The van der Waals surface area contributed by atoms with Gasteiger partial charge in [0.1, 0.15) is 11.4 Å². The van der Waals surface area contributed by atoms with Crippen LogP contribution in [0.15, 0.2) is 42.7 Å². The largest absolute Gasteiger partial charge is 0.354 e. The van der Waals surface area contributed by atoms with E-state index in [2.05, 4.69) is 24.1 Å². The predicted molar refractivity (Wildman–Crippen MR) is 113 cm³/mol. The van der Waals surface area contributed by atoms with Crippen LogP contribution in [0.5, 0.6) is 0 Å². The van der Waals surface area contributed by atoms with Crippen LogP contribution in [0.2, 0.25) is 0 Å². The number of piperidine rings is 1. The monoisotopic (exact) mass is 410 g/mol. The van der Waals surface area contributed by atoms with Crippen LogP contribution in [0.1, 0.15) is 38.1 Å². The highest BCUT2D eigenvalue weighted by atomic mass is 16.5. The van der Waals surface area contributed by atoms with Crippen molar-refractivity contribution < 1.29 is 14.3 Å². The number of fused-ring (bicyclic) bond motifs is 2. The normalized spacial score (nSPS) is 20.2. The standard InChI is InChI=1S/C23H30N4O3/c1-17(2)15-25-21(29)19-16-27-13-10-24-22(27)23(30-19)8-11-26(12-9-23)20(28)14-18-6-4-3-5-7-18/h3-7,10,13,17,19H,8-9,11-12,14-16H2,1-2H3,(H,25,29). The summed E-state index contributed by atoms with van der Waals surface area (Å²) in [4.78, 5) is 31.9.